The fraction of sp³-hybridized carbons (Fsp3) is 1.00. The van der Waals surface area contributed by atoms with Gasteiger partial charge in [0.05, 0.1) is 0 Å². The van der Waals surface area contributed by atoms with Crippen molar-refractivity contribution in [1.29, 1.82) is 0 Å². The van der Waals surface area contributed by atoms with Crippen LogP contribution in [0, 0.1) is 29.6 Å². The van der Waals surface area contributed by atoms with Crippen molar-refractivity contribution in [3.8, 4) is 0 Å². The van der Waals surface area contributed by atoms with Gasteiger partial charge >= 0.3 is 0 Å². The average molecular weight is 274 g/mol. The highest BCUT2D eigenvalue weighted by atomic mass is 15.1. The summed E-state index contributed by atoms with van der Waals surface area (Å²) >= 11 is 0. The fourth-order valence-electron chi connectivity index (χ4n) is 7.19. The first kappa shape index (κ1) is 12.5. The summed E-state index contributed by atoms with van der Waals surface area (Å²) in [6.07, 6.45) is 13.6. The van der Waals surface area contributed by atoms with Gasteiger partial charge in [0.25, 0.3) is 0 Å². The van der Waals surface area contributed by atoms with Crippen LogP contribution in [0.2, 0.25) is 0 Å². The van der Waals surface area contributed by atoms with Crippen molar-refractivity contribution in [3.05, 3.63) is 0 Å². The lowest BCUT2D eigenvalue weighted by molar-refractivity contribution is -0.0595. The third-order valence-corrected chi connectivity index (χ3v) is 7.64. The van der Waals surface area contributed by atoms with E-state index in [0.717, 1.165) is 35.6 Å². The number of rotatable bonds is 1. The molecule has 0 amide bonds. The van der Waals surface area contributed by atoms with E-state index >= 15 is 0 Å². The molecule has 5 saturated carbocycles. The van der Waals surface area contributed by atoms with Crippen LogP contribution in [0.25, 0.3) is 0 Å². The first-order valence-electron chi connectivity index (χ1n) is 9.30. The van der Waals surface area contributed by atoms with Crippen LogP contribution >= 0.6 is 0 Å². The molecule has 1 unspecified atom stereocenters. The van der Waals surface area contributed by atoms with Crippen LogP contribution in [0.3, 0.4) is 0 Å². The number of nitrogens with one attached hydrogen (secondary N) is 2. The second-order valence-corrected chi connectivity index (χ2v) is 8.88. The summed E-state index contributed by atoms with van der Waals surface area (Å²) in [6.45, 7) is 2.48. The Morgan fingerprint density at radius 2 is 1.45 bits per heavy atom. The van der Waals surface area contributed by atoms with E-state index in [9.17, 15) is 0 Å². The zero-order valence-corrected chi connectivity index (χ0v) is 12.7. The maximum absolute atomic E-state index is 4.19. The standard InChI is InChI=1S/C18H30N2/c1-2-4-18(3-1)11-19-10-16(20-18)17-14-6-12-5-13(8-14)9-15(17)7-12/h12-17,19-20H,1-11H2. The number of hydrogen-bond donors (Lipinski definition) is 2. The quantitative estimate of drug-likeness (QED) is 0.768. The minimum absolute atomic E-state index is 0.484. The molecule has 6 rings (SSSR count). The lowest BCUT2D eigenvalue weighted by Gasteiger charge is -2.58. The zero-order valence-electron chi connectivity index (χ0n) is 12.7. The van der Waals surface area contributed by atoms with Crippen molar-refractivity contribution >= 4 is 0 Å². The molecule has 0 aromatic carbocycles. The maximum atomic E-state index is 4.19. The summed E-state index contributed by atoms with van der Waals surface area (Å²) in [7, 11) is 0. The third-order valence-electron chi connectivity index (χ3n) is 7.64. The van der Waals surface area contributed by atoms with E-state index in [2.05, 4.69) is 10.6 Å². The molecule has 20 heavy (non-hydrogen) atoms. The Bertz CT molecular complexity index is 357. The Morgan fingerprint density at radius 3 is 2.10 bits per heavy atom. The smallest absolute Gasteiger partial charge is 0.0309 e. The van der Waals surface area contributed by atoms with Gasteiger partial charge in [-0.2, -0.15) is 0 Å². The highest BCUT2D eigenvalue weighted by Crippen LogP contribution is 2.57. The Labute approximate surface area is 123 Å². The monoisotopic (exact) mass is 274 g/mol. The van der Waals surface area contributed by atoms with Crippen LogP contribution in [0.4, 0.5) is 0 Å². The van der Waals surface area contributed by atoms with Crippen molar-refractivity contribution in [1.82, 2.24) is 10.6 Å². The topological polar surface area (TPSA) is 24.1 Å². The van der Waals surface area contributed by atoms with Gasteiger partial charge in [-0.1, -0.05) is 12.8 Å². The van der Waals surface area contributed by atoms with Gasteiger partial charge in [-0.05, 0) is 74.5 Å². The largest absolute Gasteiger partial charge is 0.313 e. The summed E-state index contributed by atoms with van der Waals surface area (Å²) in [4.78, 5) is 0. The molecule has 5 aliphatic carbocycles. The molecule has 2 nitrogen and oxygen atoms in total. The summed E-state index contributed by atoms with van der Waals surface area (Å²) < 4.78 is 0. The molecular formula is C18H30N2. The molecule has 1 aliphatic heterocycles. The molecule has 1 atom stereocenters. The molecule has 112 valence electrons. The van der Waals surface area contributed by atoms with Gasteiger partial charge in [-0.25, -0.2) is 0 Å². The molecule has 0 aromatic heterocycles. The van der Waals surface area contributed by atoms with Crippen molar-refractivity contribution < 1.29 is 0 Å². The Hall–Kier alpha value is -0.0800. The van der Waals surface area contributed by atoms with Crippen molar-refractivity contribution in [2.24, 2.45) is 29.6 Å². The summed E-state index contributed by atoms with van der Waals surface area (Å²) in [5.41, 5.74) is 0.484. The number of hydrogen-bond acceptors (Lipinski definition) is 2. The van der Waals surface area contributed by atoms with Gasteiger partial charge in [0.15, 0.2) is 0 Å². The third kappa shape index (κ3) is 1.83. The SMILES string of the molecule is C1CCC2(C1)CNCC(C1C3CC4CC(C3)CC1C4)N2. The molecular weight excluding hydrogens is 244 g/mol. The lowest BCUT2D eigenvalue weighted by atomic mass is 9.50. The van der Waals surface area contributed by atoms with Gasteiger partial charge < -0.3 is 10.6 Å². The number of piperazine rings is 1. The average Bonchev–Trinajstić information content (AvgIpc) is 2.85. The van der Waals surface area contributed by atoms with Gasteiger partial charge in [-0.3, -0.25) is 0 Å². The Balaban J connectivity index is 1.37. The normalized spacial score (nSPS) is 52.8. The highest BCUT2D eigenvalue weighted by Gasteiger charge is 2.52. The highest BCUT2D eigenvalue weighted by molar-refractivity contribution is 5.07. The lowest BCUT2D eigenvalue weighted by Crippen LogP contribution is -2.67. The first-order valence-corrected chi connectivity index (χ1v) is 9.30. The minimum Gasteiger partial charge on any atom is -0.313 e. The van der Waals surface area contributed by atoms with E-state index in [1.165, 1.54) is 38.8 Å². The molecule has 2 N–H and O–H groups in total. The second-order valence-electron chi connectivity index (χ2n) is 8.88. The molecule has 1 spiro atoms. The fourth-order valence-corrected chi connectivity index (χ4v) is 7.19. The van der Waals surface area contributed by atoms with Crippen LogP contribution < -0.4 is 10.6 Å². The predicted octanol–water partition coefficient (Wildman–Crippen LogP) is 2.93. The predicted molar refractivity (Wildman–Crippen MR) is 81.5 cm³/mol. The first-order chi connectivity index (χ1) is 9.81. The van der Waals surface area contributed by atoms with E-state index in [-0.39, 0.29) is 0 Å². The van der Waals surface area contributed by atoms with Crippen LogP contribution in [0.5, 0.6) is 0 Å². The molecule has 6 fully saturated rings. The van der Waals surface area contributed by atoms with E-state index < -0.39 is 0 Å². The summed E-state index contributed by atoms with van der Waals surface area (Å²) in [5, 5.41) is 8.01. The van der Waals surface area contributed by atoms with Gasteiger partial charge in [-0.15, -0.1) is 0 Å². The summed E-state index contributed by atoms with van der Waals surface area (Å²) in [5.74, 6) is 5.38. The maximum Gasteiger partial charge on any atom is 0.0309 e. The van der Waals surface area contributed by atoms with Gasteiger partial charge in [0, 0.05) is 24.7 Å². The van der Waals surface area contributed by atoms with Gasteiger partial charge in [0.1, 0.15) is 0 Å². The van der Waals surface area contributed by atoms with Crippen LogP contribution in [0.1, 0.15) is 57.8 Å². The second kappa shape index (κ2) is 4.46. The van der Waals surface area contributed by atoms with E-state index in [4.69, 9.17) is 0 Å². The molecule has 1 saturated heterocycles. The van der Waals surface area contributed by atoms with Crippen LogP contribution in [-0.2, 0) is 0 Å². The molecule has 6 aliphatic rings. The molecule has 0 aromatic rings. The minimum atomic E-state index is 0.484. The summed E-state index contributed by atoms with van der Waals surface area (Å²) in [6, 6.07) is 0.789. The molecule has 4 bridgehead atoms. The zero-order chi connectivity index (χ0) is 13.2. The van der Waals surface area contributed by atoms with Crippen LogP contribution in [-0.4, -0.2) is 24.7 Å². The van der Waals surface area contributed by atoms with E-state index in [0.29, 0.717) is 5.54 Å². The Morgan fingerprint density at radius 1 is 0.800 bits per heavy atom. The van der Waals surface area contributed by atoms with Crippen molar-refractivity contribution in [2.75, 3.05) is 13.1 Å². The van der Waals surface area contributed by atoms with E-state index in [1.807, 2.05) is 0 Å². The van der Waals surface area contributed by atoms with Crippen molar-refractivity contribution in [3.63, 3.8) is 0 Å². The molecule has 2 heteroatoms. The molecule has 1 heterocycles. The Kier molecular flexibility index (Phi) is 2.78. The molecule has 0 radical (unpaired) electrons. The van der Waals surface area contributed by atoms with E-state index in [1.54, 1.807) is 32.1 Å². The van der Waals surface area contributed by atoms with Crippen molar-refractivity contribution in [2.45, 2.75) is 69.4 Å². The van der Waals surface area contributed by atoms with Gasteiger partial charge in [0.2, 0.25) is 0 Å². The van der Waals surface area contributed by atoms with Crippen LogP contribution in [0.15, 0.2) is 0 Å².